The van der Waals surface area contributed by atoms with E-state index in [2.05, 4.69) is 10.3 Å². The molecule has 0 bridgehead atoms. The Balaban J connectivity index is 1.97. The maximum atomic E-state index is 12.8. The average molecular weight is 365 g/mol. The van der Waals surface area contributed by atoms with Crippen molar-refractivity contribution < 1.29 is 9.59 Å². The number of hydrogen-bond donors (Lipinski definition) is 1. The summed E-state index contributed by atoms with van der Waals surface area (Å²) in [5.41, 5.74) is 1.22. The van der Waals surface area contributed by atoms with Crippen molar-refractivity contribution >= 4 is 33.8 Å². The van der Waals surface area contributed by atoms with Crippen molar-refractivity contribution in [3.63, 3.8) is 0 Å². The molecule has 2 unspecified atom stereocenters. The largest absolute Gasteiger partial charge is 0.299 e. The van der Waals surface area contributed by atoms with E-state index in [1.807, 2.05) is 36.4 Å². The van der Waals surface area contributed by atoms with Gasteiger partial charge in [0.2, 0.25) is 5.91 Å². The van der Waals surface area contributed by atoms with E-state index in [1.165, 1.54) is 4.57 Å². The summed E-state index contributed by atoms with van der Waals surface area (Å²) in [6.45, 7) is 0. The maximum absolute atomic E-state index is 12.8. The van der Waals surface area contributed by atoms with E-state index in [-0.39, 0.29) is 16.7 Å². The van der Waals surface area contributed by atoms with Gasteiger partial charge in [-0.3, -0.25) is 24.3 Å². The second kappa shape index (κ2) is 6.42. The molecule has 1 saturated heterocycles. The molecule has 1 aliphatic rings. The predicted molar refractivity (Wildman–Crippen MR) is 100 cm³/mol. The number of fused-ring (bicyclic) bond motifs is 1. The molecule has 0 spiro atoms. The van der Waals surface area contributed by atoms with E-state index in [0.717, 1.165) is 17.3 Å². The summed E-state index contributed by atoms with van der Waals surface area (Å²) in [4.78, 5) is 41.6. The van der Waals surface area contributed by atoms with Gasteiger partial charge in [0.1, 0.15) is 11.1 Å². The number of nitrogens with one attached hydrogen (secondary N) is 1. The number of imide groups is 1. The van der Waals surface area contributed by atoms with Crippen molar-refractivity contribution in [2.45, 2.75) is 11.2 Å². The molecule has 1 aromatic heterocycles. The second-order valence-corrected chi connectivity index (χ2v) is 7.17. The van der Waals surface area contributed by atoms with Gasteiger partial charge in [0, 0.05) is 7.05 Å². The number of thioether (sulfide) groups is 1. The van der Waals surface area contributed by atoms with Crippen LogP contribution >= 0.6 is 11.8 Å². The predicted octanol–water partition coefficient (Wildman–Crippen LogP) is 2.42. The highest BCUT2D eigenvalue weighted by molar-refractivity contribution is 8.15. The zero-order chi connectivity index (χ0) is 18.3. The van der Waals surface area contributed by atoms with Crippen LogP contribution in [0.25, 0.3) is 10.9 Å². The first kappa shape index (κ1) is 16.5. The highest BCUT2D eigenvalue weighted by atomic mass is 32.2. The van der Waals surface area contributed by atoms with Crippen molar-refractivity contribution in [3.05, 3.63) is 76.3 Å². The number of amides is 2. The highest BCUT2D eigenvalue weighted by Gasteiger charge is 2.41. The molecule has 2 aromatic carbocycles. The van der Waals surface area contributed by atoms with Crippen LogP contribution in [0.4, 0.5) is 4.79 Å². The van der Waals surface area contributed by atoms with Crippen LogP contribution in [-0.4, -0.2) is 25.9 Å². The first-order chi connectivity index (χ1) is 12.6. The van der Waals surface area contributed by atoms with Crippen molar-refractivity contribution in [1.82, 2.24) is 14.9 Å². The Bertz CT molecular complexity index is 1080. The monoisotopic (exact) mass is 365 g/mol. The van der Waals surface area contributed by atoms with Crippen LogP contribution in [0.2, 0.25) is 0 Å². The van der Waals surface area contributed by atoms with Gasteiger partial charge in [-0.25, -0.2) is 4.98 Å². The van der Waals surface area contributed by atoms with Gasteiger partial charge < -0.3 is 0 Å². The smallest absolute Gasteiger partial charge is 0.286 e. The zero-order valence-corrected chi connectivity index (χ0v) is 14.7. The third-order valence-electron chi connectivity index (χ3n) is 4.48. The number of para-hydroxylation sites is 1. The number of hydrogen-bond acceptors (Lipinski definition) is 5. The standard InChI is InChI=1S/C19H15N3O3S/c1-22-16(20-13-10-6-5-9-12(13)18(22)24)14(11-7-3-2-4-8-11)15-17(23)21-19(25)26-15/h2-10,14-15H,1H3,(H,21,23,25). The number of benzene rings is 2. The Kier molecular flexibility index (Phi) is 4.08. The molecule has 0 saturated carbocycles. The van der Waals surface area contributed by atoms with E-state index >= 15 is 0 Å². The van der Waals surface area contributed by atoms with E-state index in [1.54, 1.807) is 25.2 Å². The highest BCUT2D eigenvalue weighted by Crippen LogP contribution is 2.37. The van der Waals surface area contributed by atoms with Crippen molar-refractivity contribution in [3.8, 4) is 0 Å². The van der Waals surface area contributed by atoms with Crippen LogP contribution in [0.15, 0.2) is 59.4 Å². The van der Waals surface area contributed by atoms with E-state index in [0.29, 0.717) is 16.7 Å². The fourth-order valence-electron chi connectivity index (χ4n) is 3.22. The lowest BCUT2D eigenvalue weighted by Gasteiger charge is -2.23. The van der Waals surface area contributed by atoms with Gasteiger partial charge in [-0.05, 0) is 17.7 Å². The minimum atomic E-state index is -0.677. The summed E-state index contributed by atoms with van der Waals surface area (Å²) in [7, 11) is 1.65. The number of carbonyl (C=O) groups excluding carboxylic acids is 2. The molecular formula is C19H15N3O3S. The van der Waals surface area contributed by atoms with Gasteiger partial charge >= 0.3 is 0 Å². The summed E-state index contributed by atoms with van der Waals surface area (Å²) < 4.78 is 1.47. The van der Waals surface area contributed by atoms with E-state index in [9.17, 15) is 14.4 Å². The number of carbonyl (C=O) groups is 2. The lowest BCUT2D eigenvalue weighted by atomic mass is 9.93. The molecule has 4 rings (SSSR count). The Hall–Kier alpha value is -2.93. The van der Waals surface area contributed by atoms with Gasteiger partial charge in [0.05, 0.1) is 16.8 Å². The quantitative estimate of drug-likeness (QED) is 0.771. The minimum absolute atomic E-state index is 0.179. The number of aromatic nitrogens is 2. The fraction of sp³-hybridized carbons (Fsp3) is 0.158. The molecule has 2 atom stereocenters. The Morgan fingerprint density at radius 1 is 1.04 bits per heavy atom. The van der Waals surface area contributed by atoms with Gasteiger partial charge in [-0.15, -0.1) is 0 Å². The molecule has 0 radical (unpaired) electrons. The number of nitrogens with zero attached hydrogens (tertiary/aromatic N) is 2. The third kappa shape index (κ3) is 2.70. The van der Waals surface area contributed by atoms with Gasteiger partial charge in [-0.2, -0.15) is 0 Å². The SMILES string of the molecule is Cn1c(C(c2ccccc2)C2SC(=O)NC2=O)nc2ccccc2c1=O. The Morgan fingerprint density at radius 2 is 1.73 bits per heavy atom. The molecule has 3 aromatic rings. The van der Waals surface area contributed by atoms with Crippen molar-refractivity contribution in [1.29, 1.82) is 0 Å². The van der Waals surface area contributed by atoms with Crippen LogP contribution in [0, 0.1) is 0 Å². The van der Waals surface area contributed by atoms with Crippen molar-refractivity contribution in [2.75, 3.05) is 0 Å². The molecule has 2 amide bonds. The molecule has 1 N–H and O–H groups in total. The summed E-state index contributed by atoms with van der Waals surface area (Å²) >= 11 is 0.936. The number of rotatable bonds is 3. The molecule has 7 heteroatoms. The average Bonchev–Trinajstić information content (AvgIpc) is 2.98. The lowest BCUT2D eigenvalue weighted by molar-refractivity contribution is -0.119. The van der Waals surface area contributed by atoms with Gasteiger partial charge in [-0.1, -0.05) is 54.2 Å². The Morgan fingerprint density at radius 3 is 2.42 bits per heavy atom. The summed E-state index contributed by atoms with van der Waals surface area (Å²) in [5, 5.41) is 1.79. The molecule has 26 heavy (non-hydrogen) atoms. The second-order valence-electron chi connectivity index (χ2n) is 6.05. The maximum Gasteiger partial charge on any atom is 0.286 e. The van der Waals surface area contributed by atoms with Crippen LogP contribution < -0.4 is 10.9 Å². The van der Waals surface area contributed by atoms with Crippen LogP contribution in [-0.2, 0) is 11.8 Å². The molecule has 6 nitrogen and oxygen atoms in total. The van der Waals surface area contributed by atoms with Gasteiger partial charge in [0.25, 0.3) is 10.8 Å². The van der Waals surface area contributed by atoms with Crippen molar-refractivity contribution in [2.24, 2.45) is 7.05 Å². The topological polar surface area (TPSA) is 81.1 Å². The van der Waals surface area contributed by atoms with Crippen LogP contribution in [0.1, 0.15) is 17.3 Å². The Labute approximate surface area is 153 Å². The summed E-state index contributed by atoms with van der Waals surface area (Å²) in [5.74, 6) is -0.423. The first-order valence-electron chi connectivity index (χ1n) is 8.08. The lowest BCUT2D eigenvalue weighted by Crippen LogP contribution is -2.33. The fourth-order valence-corrected chi connectivity index (χ4v) is 4.19. The van der Waals surface area contributed by atoms with Crippen LogP contribution in [0.3, 0.4) is 0 Å². The molecule has 1 aliphatic heterocycles. The van der Waals surface area contributed by atoms with Crippen LogP contribution in [0.5, 0.6) is 0 Å². The molecule has 0 aliphatic carbocycles. The molecule has 2 heterocycles. The first-order valence-corrected chi connectivity index (χ1v) is 8.96. The minimum Gasteiger partial charge on any atom is -0.299 e. The van der Waals surface area contributed by atoms with E-state index in [4.69, 9.17) is 0 Å². The molecule has 130 valence electrons. The molecule has 1 fully saturated rings. The zero-order valence-electron chi connectivity index (χ0n) is 13.9. The third-order valence-corrected chi connectivity index (χ3v) is 5.53. The van der Waals surface area contributed by atoms with Gasteiger partial charge in [0.15, 0.2) is 0 Å². The molecular weight excluding hydrogens is 350 g/mol. The summed E-state index contributed by atoms with van der Waals surface area (Å²) in [6, 6.07) is 16.5. The normalized spacial score (nSPS) is 18.1. The summed E-state index contributed by atoms with van der Waals surface area (Å²) in [6.07, 6.45) is 0. The van der Waals surface area contributed by atoms with E-state index < -0.39 is 11.2 Å².